The van der Waals surface area contributed by atoms with Gasteiger partial charge in [0.1, 0.15) is 29.4 Å². The molecule has 0 unspecified atom stereocenters. The average molecular weight is 1510 g/mol. The molecule has 0 radical (unpaired) electrons. The minimum Gasteiger partial charge on any atom is -0.494 e. The minimum absolute atomic E-state index is 0.00896. The Bertz CT molecular complexity index is 3460. The third-order valence-corrected chi connectivity index (χ3v) is 19.1. The molecule has 0 saturated carbocycles. The molecule has 0 spiro atoms. The largest absolute Gasteiger partial charge is 0.494 e. The van der Waals surface area contributed by atoms with Gasteiger partial charge < -0.3 is 52.7 Å². The van der Waals surface area contributed by atoms with E-state index in [-0.39, 0.29) is 65.5 Å². The second-order valence-electron chi connectivity index (χ2n) is 28.3. The Morgan fingerprint density at radius 2 is 0.523 bits per heavy atom. The lowest BCUT2D eigenvalue weighted by molar-refractivity contribution is -0.145. The van der Waals surface area contributed by atoms with Crippen LogP contribution < -0.4 is 19.5 Å². The average Bonchev–Trinajstić information content (AvgIpc) is 0.870. The lowest BCUT2D eigenvalue weighted by Gasteiger charge is -2.33. The van der Waals surface area contributed by atoms with Gasteiger partial charge in [0.2, 0.25) is 0 Å². The van der Waals surface area contributed by atoms with Crippen molar-refractivity contribution >= 4 is 24.0 Å². The smallest absolute Gasteiger partial charge is 0.408 e. The number of nitrogens with one attached hydrogen (secondary N) is 1. The fourth-order valence-electron chi connectivity index (χ4n) is 12.6. The summed E-state index contributed by atoms with van der Waals surface area (Å²) in [5, 5.41) is 30.2. The van der Waals surface area contributed by atoms with Gasteiger partial charge in [-0.3, -0.25) is 14.4 Å². The number of carbonyl (C=O) groups excluding carboxylic acids is 4. The fraction of sp³-hybridized carbons (Fsp3) is 0.473. The number of alkyl carbamates (subject to hydrolysis) is 1. The first-order chi connectivity index (χ1) is 54.6. The van der Waals surface area contributed by atoms with E-state index in [0.717, 1.165) is 230 Å². The third kappa shape index (κ3) is 38.5. The first kappa shape index (κ1) is 88.2. The van der Waals surface area contributed by atoms with Crippen molar-refractivity contribution in [3.05, 3.63) is 198 Å². The number of amides is 1. The van der Waals surface area contributed by atoms with Crippen LogP contribution in [-0.4, -0.2) is 109 Å². The molecule has 0 aliphatic heterocycles. The van der Waals surface area contributed by atoms with Crippen LogP contribution in [0, 0.1) is 34.0 Å². The number of unbranched alkanes of at least 4 members (excludes halogenated alkanes) is 24. The van der Waals surface area contributed by atoms with E-state index in [1.807, 2.05) is 176 Å². The zero-order valence-corrected chi connectivity index (χ0v) is 65.2. The number of rotatable bonds is 60. The highest BCUT2D eigenvalue weighted by atomic mass is 16.6. The number of nitriles is 3. The summed E-state index contributed by atoms with van der Waals surface area (Å²) < 4.78 is 58.7. The molecule has 0 fully saturated rings. The molecular weight excluding hydrogens is 1400 g/mol. The van der Waals surface area contributed by atoms with Gasteiger partial charge in [0.15, 0.2) is 0 Å². The van der Waals surface area contributed by atoms with Crippen molar-refractivity contribution in [3.63, 3.8) is 0 Å². The fourth-order valence-corrected chi connectivity index (χ4v) is 12.6. The Balaban J connectivity index is 0.757. The molecule has 1 N–H and O–H groups in total. The first-order valence-electron chi connectivity index (χ1n) is 40.5. The molecule has 18 nitrogen and oxygen atoms in total. The van der Waals surface area contributed by atoms with Crippen molar-refractivity contribution in [1.29, 1.82) is 15.8 Å². The van der Waals surface area contributed by atoms with Gasteiger partial charge in [-0.2, -0.15) is 15.8 Å². The number of carbonyl (C=O) groups is 4. The predicted molar refractivity (Wildman–Crippen MR) is 433 cm³/mol. The van der Waals surface area contributed by atoms with Gasteiger partial charge in [-0.25, -0.2) is 4.79 Å². The number of ether oxygens (including phenoxy) is 10. The maximum Gasteiger partial charge on any atom is 0.408 e. The van der Waals surface area contributed by atoms with Crippen LogP contribution in [0.4, 0.5) is 4.79 Å². The van der Waals surface area contributed by atoms with Crippen LogP contribution in [0.1, 0.15) is 215 Å². The maximum atomic E-state index is 13.7. The van der Waals surface area contributed by atoms with Gasteiger partial charge in [0.25, 0.3) is 0 Å². The van der Waals surface area contributed by atoms with E-state index in [0.29, 0.717) is 56.3 Å². The SMILES string of the molecule is N#Cc1ccc(-c2ccc(OCCCCCCCCCCCOC(=O)CCOCC(COCCC(=O)OCCCCCCCCCCCOc3ccc(-c4ccc(C#N)cc4)cc3)(COCCC(=O)OCCCCCCCCCCCOc3ccc(-c4ccc(C#N)cc4)cc3)NC(=O)OCc3ccccc3)cc2)cc1. The number of nitrogens with zero attached hydrogens (tertiary/aromatic N) is 3. The summed E-state index contributed by atoms with van der Waals surface area (Å²) in [5.74, 6) is 1.35. The molecule has 0 bridgehead atoms. The minimum atomic E-state index is -1.38. The van der Waals surface area contributed by atoms with E-state index in [9.17, 15) is 19.2 Å². The van der Waals surface area contributed by atoms with E-state index < -0.39 is 29.5 Å². The van der Waals surface area contributed by atoms with Gasteiger partial charge in [-0.1, -0.05) is 238 Å². The summed E-state index contributed by atoms with van der Waals surface area (Å²) in [7, 11) is 0. The molecule has 18 heteroatoms. The third-order valence-electron chi connectivity index (χ3n) is 19.1. The Hall–Kier alpha value is -10.0. The Morgan fingerprint density at radius 3 is 0.784 bits per heavy atom. The molecule has 592 valence electrons. The highest BCUT2D eigenvalue weighted by Crippen LogP contribution is 2.27. The lowest BCUT2D eigenvalue weighted by atomic mass is 10.0. The highest BCUT2D eigenvalue weighted by molar-refractivity contribution is 5.71. The van der Waals surface area contributed by atoms with E-state index in [2.05, 4.69) is 23.5 Å². The second-order valence-corrected chi connectivity index (χ2v) is 28.3. The topological polar surface area (TPSA) is 244 Å². The van der Waals surface area contributed by atoms with Crippen LogP contribution in [0.25, 0.3) is 33.4 Å². The maximum absolute atomic E-state index is 13.7. The summed E-state index contributed by atoms with van der Waals surface area (Å²) in [6, 6.07) is 62.6. The molecular formula is C93H116N4O14. The number of benzene rings is 7. The first-order valence-corrected chi connectivity index (χ1v) is 40.5. The lowest BCUT2D eigenvalue weighted by Crippen LogP contribution is -2.58. The number of hydrogen-bond acceptors (Lipinski definition) is 17. The van der Waals surface area contributed by atoms with E-state index in [1.54, 1.807) is 0 Å². The summed E-state index contributed by atoms with van der Waals surface area (Å²) in [4.78, 5) is 52.5. The summed E-state index contributed by atoms with van der Waals surface area (Å²) in [6.07, 6.45) is 27.6. The predicted octanol–water partition coefficient (Wildman–Crippen LogP) is 20.9. The number of esters is 3. The molecule has 0 saturated heterocycles. The molecule has 7 aromatic rings. The van der Waals surface area contributed by atoms with E-state index >= 15 is 0 Å². The molecule has 0 aliphatic rings. The molecule has 0 atom stereocenters. The number of hydrogen-bond donors (Lipinski definition) is 1. The molecule has 0 aliphatic carbocycles. The summed E-state index contributed by atoms with van der Waals surface area (Å²) >= 11 is 0. The molecule has 0 heterocycles. The van der Waals surface area contributed by atoms with Crippen LogP contribution in [0.3, 0.4) is 0 Å². The standard InChI is InChI=1S/C93H116N4O14/c94-69-76-33-39-80(40-34-76)83-45-51-86(52-46-83)105-60-25-16-10-4-1-7-13-19-28-63-108-89(98)57-66-102-73-93(97-92(101)111-72-79-31-23-22-24-32-79,74-103-67-58-90(99)109-64-29-20-14-8-2-5-11-17-26-61-106-87-53-47-84(48-54-87)81-41-35-77(70-95)36-42-81)75-104-68-59-91(100)110-65-30-21-15-9-3-6-12-18-27-62-107-88-55-49-85(50-56-88)82-43-37-78(71-96)38-44-82/h22-24,31-56H,1-21,25-30,57-68,72-75H2,(H,97,101). The van der Waals surface area contributed by atoms with Crippen molar-refractivity contribution < 1.29 is 66.5 Å². The van der Waals surface area contributed by atoms with Gasteiger partial charge in [-0.15, -0.1) is 0 Å². The zero-order valence-electron chi connectivity index (χ0n) is 65.2. The van der Waals surface area contributed by atoms with Crippen molar-refractivity contribution in [3.8, 4) is 68.8 Å². The summed E-state index contributed by atoms with van der Waals surface area (Å²) in [6.45, 7) is 2.41. The van der Waals surface area contributed by atoms with Gasteiger partial charge in [0, 0.05) is 0 Å². The Morgan fingerprint density at radius 1 is 0.279 bits per heavy atom. The quantitative estimate of drug-likeness (QED) is 0.0211. The van der Waals surface area contributed by atoms with Crippen LogP contribution in [0.5, 0.6) is 17.2 Å². The zero-order chi connectivity index (χ0) is 78.1. The second kappa shape index (κ2) is 55.4. The molecule has 0 aromatic heterocycles. The van der Waals surface area contributed by atoms with E-state index in [1.165, 1.54) is 0 Å². The van der Waals surface area contributed by atoms with Gasteiger partial charge >= 0.3 is 24.0 Å². The highest BCUT2D eigenvalue weighted by Gasteiger charge is 2.35. The normalized spacial score (nSPS) is 11.0. The van der Waals surface area contributed by atoms with Gasteiger partial charge in [-0.05, 0) is 150 Å². The van der Waals surface area contributed by atoms with Crippen molar-refractivity contribution in [2.75, 3.05) is 79.3 Å². The van der Waals surface area contributed by atoms with E-state index in [4.69, 9.17) is 63.2 Å². The van der Waals surface area contributed by atoms with Crippen molar-refractivity contribution in [1.82, 2.24) is 5.32 Å². The van der Waals surface area contributed by atoms with Crippen LogP contribution in [0.2, 0.25) is 0 Å². The molecule has 7 rings (SSSR count). The van der Waals surface area contributed by atoms with Gasteiger partial charge in [0.05, 0.1) is 133 Å². The van der Waals surface area contributed by atoms with Crippen LogP contribution >= 0.6 is 0 Å². The molecule has 1 amide bonds. The van der Waals surface area contributed by atoms with Crippen molar-refractivity contribution in [2.45, 2.75) is 205 Å². The van der Waals surface area contributed by atoms with Crippen LogP contribution in [-0.2, 0) is 54.1 Å². The molecule has 111 heavy (non-hydrogen) atoms. The van der Waals surface area contributed by atoms with Crippen molar-refractivity contribution in [2.24, 2.45) is 0 Å². The molecule has 7 aromatic carbocycles. The van der Waals surface area contributed by atoms with Crippen LogP contribution in [0.15, 0.2) is 176 Å². The Kier molecular flexibility index (Phi) is 44.0. The Labute approximate surface area is 659 Å². The summed E-state index contributed by atoms with van der Waals surface area (Å²) in [5.41, 5.74) is 7.77. The monoisotopic (exact) mass is 1510 g/mol.